The highest BCUT2D eigenvalue weighted by atomic mass is 35.6. The van der Waals surface area contributed by atoms with Gasteiger partial charge in [0.05, 0.1) is 0 Å². The average molecular weight is 213 g/mol. The summed E-state index contributed by atoms with van der Waals surface area (Å²) in [5.74, 6) is 0. The van der Waals surface area contributed by atoms with Crippen LogP contribution in [-0.2, 0) is 0 Å². The zero-order chi connectivity index (χ0) is 7.49. The molecule has 0 N–H and O–H groups in total. The monoisotopic (exact) mass is 212 g/mol. The van der Waals surface area contributed by atoms with Crippen LogP contribution in [0.5, 0.6) is 0 Å². The molecule has 0 fully saturated rings. The van der Waals surface area contributed by atoms with Gasteiger partial charge in [-0.05, 0) is 6.04 Å². The predicted octanol–water partition coefficient (Wildman–Crippen LogP) is 2.33. The Labute approximate surface area is 72.2 Å². The van der Waals surface area contributed by atoms with E-state index in [1.165, 1.54) is 0 Å². The van der Waals surface area contributed by atoms with Crippen molar-refractivity contribution >= 4 is 46.9 Å². The Morgan fingerprint density at radius 3 is 2.22 bits per heavy atom. The van der Waals surface area contributed by atoms with Gasteiger partial charge in [0.15, 0.2) is 14.5 Å². The summed E-state index contributed by atoms with van der Waals surface area (Å²) in [4.78, 5) is 0. The molecule has 1 atom stereocenters. The Kier molecular flexibility index (Phi) is 4.75. The summed E-state index contributed by atoms with van der Waals surface area (Å²) in [6.45, 7) is 2.72. The Bertz CT molecular complexity index is 83.9. The van der Waals surface area contributed by atoms with Crippen LogP contribution in [0, 0.1) is 0 Å². The summed E-state index contributed by atoms with van der Waals surface area (Å²) in [5.41, 5.74) is 0. The largest absolute Gasteiger partial charge is 0.171 e. The van der Waals surface area contributed by atoms with Crippen molar-refractivity contribution in [2.45, 2.75) is 25.2 Å². The van der Waals surface area contributed by atoms with Gasteiger partial charge in [0.25, 0.3) is 0 Å². The molecule has 9 heavy (non-hydrogen) atoms. The predicted molar refractivity (Wildman–Crippen MR) is 50.3 cm³/mol. The second-order valence-electron chi connectivity index (χ2n) is 2.23. The van der Waals surface area contributed by atoms with Gasteiger partial charge in [-0.1, -0.05) is 19.1 Å². The second-order valence-corrected chi connectivity index (χ2v) is 18.4. The number of rotatable bonds is 3. The molecule has 0 aliphatic rings. The lowest BCUT2D eigenvalue weighted by Gasteiger charge is -2.18. The maximum atomic E-state index is 6.19. The molecule has 4 radical (unpaired) electrons. The minimum Gasteiger partial charge on any atom is -0.171 e. The fraction of sp³-hybridized carbons (Fsp3) is 1.00. The molecule has 0 aliphatic carbocycles. The quantitative estimate of drug-likeness (QED) is 0.498. The molecule has 0 spiro atoms. The second kappa shape index (κ2) is 4.18. The van der Waals surface area contributed by atoms with E-state index in [0.29, 0.717) is 0 Å². The van der Waals surface area contributed by atoms with E-state index in [4.69, 9.17) is 22.2 Å². The van der Waals surface area contributed by atoms with Gasteiger partial charge in [-0.3, -0.25) is 0 Å². The third kappa shape index (κ3) is 3.83. The Morgan fingerprint density at radius 2 is 2.11 bits per heavy atom. The van der Waals surface area contributed by atoms with Crippen molar-refractivity contribution in [3.63, 3.8) is 0 Å². The van der Waals surface area contributed by atoms with Gasteiger partial charge >= 0.3 is 0 Å². The van der Waals surface area contributed by atoms with Crippen LogP contribution in [-0.4, -0.2) is 24.8 Å². The summed E-state index contributed by atoms with van der Waals surface area (Å²) in [7, 11) is 2.68. The fourth-order valence-corrected chi connectivity index (χ4v) is 6.49. The maximum Gasteiger partial charge on any atom is 0.170 e. The van der Waals surface area contributed by atoms with Crippen LogP contribution in [0.15, 0.2) is 0 Å². The highest BCUT2D eigenvalue weighted by molar-refractivity contribution is 7.63. The normalized spacial score (nSPS) is 18.0. The number of hydrogen-bond acceptors (Lipinski definition) is 0. The van der Waals surface area contributed by atoms with E-state index in [-0.39, 0.29) is 0 Å². The lowest BCUT2D eigenvalue weighted by atomic mass is 11.0. The molecule has 0 amide bonds. The first-order valence-electron chi connectivity index (χ1n) is 2.84. The Hall–Kier alpha value is 1.23. The molecule has 0 rings (SSSR count). The van der Waals surface area contributed by atoms with Gasteiger partial charge in [-0.2, -0.15) is 22.2 Å². The molecule has 5 heteroatoms. The van der Waals surface area contributed by atoms with Crippen LogP contribution in [0.25, 0.3) is 0 Å². The zero-order valence-corrected chi connectivity index (χ0v) is 10.2. The molecule has 0 bridgehead atoms. The molecule has 0 aliphatic heterocycles. The first-order valence-corrected chi connectivity index (χ1v) is 11.3. The lowest BCUT2D eigenvalue weighted by Crippen LogP contribution is -2.36. The van der Waals surface area contributed by atoms with Crippen molar-refractivity contribution in [3.8, 4) is 0 Å². The standard InChI is InChI=1S/C4H10Cl2Si3/c1-8(5)9(2,6)4-3-7/h3-4H2,1-2H3. The molecule has 0 saturated carbocycles. The van der Waals surface area contributed by atoms with E-state index in [1.54, 1.807) is 0 Å². The van der Waals surface area contributed by atoms with E-state index in [2.05, 4.69) is 23.3 Å². The molecule has 1 unspecified atom stereocenters. The smallest absolute Gasteiger partial charge is 0.170 e. The van der Waals surface area contributed by atoms with Crippen molar-refractivity contribution in [1.82, 2.24) is 0 Å². The maximum absolute atomic E-state index is 6.19. The van der Waals surface area contributed by atoms with Crippen molar-refractivity contribution in [2.75, 3.05) is 0 Å². The fourth-order valence-electron chi connectivity index (χ4n) is 0.407. The SMILES string of the molecule is C[Si](Cl)[Si](C)(Cl)CC[Si]. The lowest BCUT2D eigenvalue weighted by molar-refractivity contribution is 1.41. The van der Waals surface area contributed by atoms with E-state index in [9.17, 15) is 0 Å². The van der Waals surface area contributed by atoms with E-state index in [0.717, 1.165) is 12.1 Å². The Balaban J connectivity index is 3.70. The van der Waals surface area contributed by atoms with Crippen molar-refractivity contribution in [2.24, 2.45) is 0 Å². The highest BCUT2D eigenvalue weighted by Gasteiger charge is 2.31. The molecule has 0 heterocycles. The van der Waals surface area contributed by atoms with Gasteiger partial charge in [0.1, 0.15) is 0 Å². The van der Waals surface area contributed by atoms with E-state index < -0.39 is 14.5 Å². The minimum absolute atomic E-state index is 0.728. The van der Waals surface area contributed by atoms with Gasteiger partial charge < -0.3 is 0 Å². The molecule has 0 nitrogen and oxygen atoms in total. The highest BCUT2D eigenvalue weighted by Crippen LogP contribution is 2.21. The third-order valence-corrected chi connectivity index (χ3v) is 17.5. The number of hydrogen-bond donors (Lipinski definition) is 0. The Morgan fingerprint density at radius 1 is 1.67 bits per heavy atom. The van der Waals surface area contributed by atoms with Gasteiger partial charge in [0.2, 0.25) is 0 Å². The van der Waals surface area contributed by atoms with Gasteiger partial charge in [-0.25, -0.2) is 0 Å². The van der Waals surface area contributed by atoms with E-state index >= 15 is 0 Å². The molecular weight excluding hydrogens is 203 g/mol. The molecular formula is C4H10Cl2Si3. The van der Waals surface area contributed by atoms with Crippen molar-refractivity contribution < 1.29 is 0 Å². The summed E-state index contributed by atoms with van der Waals surface area (Å²) in [5, 5.41) is 0. The van der Waals surface area contributed by atoms with Crippen LogP contribution in [0.2, 0.25) is 25.2 Å². The number of halogens is 2. The summed E-state index contributed by atoms with van der Waals surface area (Å²) in [6, 6.07) is 2.07. The van der Waals surface area contributed by atoms with Crippen LogP contribution in [0.4, 0.5) is 0 Å². The van der Waals surface area contributed by atoms with Crippen molar-refractivity contribution in [1.29, 1.82) is 0 Å². The summed E-state index contributed by atoms with van der Waals surface area (Å²) in [6.07, 6.45) is 0. The van der Waals surface area contributed by atoms with Crippen LogP contribution in [0.1, 0.15) is 0 Å². The zero-order valence-electron chi connectivity index (χ0n) is 5.67. The van der Waals surface area contributed by atoms with E-state index in [1.807, 2.05) is 0 Å². The molecule has 0 aromatic heterocycles. The first kappa shape index (κ1) is 10.2. The molecule has 52 valence electrons. The molecule has 0 saturated heterocycles. The van der Waals surface area contributed by atoms with Gasteiger partial charge in [0, 0.05) is 10.2 Å². The first-order chi connectivity index (χ1) is 4.00. The van der Waals surface area contributed by atoms with Crippen molar-refractivity contribution in [3.05, 3.63) is 0 Å². The minimum atomic E-state index is -1.49. The van der Waals surface area contributed by atoms with Crippen LogP contribution in [0.3, 0.4) is 0 Å². The van der Waals surface area contributed by atoms with Crippen LogP contribution < -0.4 is 0 Å². The summed E-state index contributed by atoms with van der Waals surface area (Å²) < 4.78 is 0. The molecule has 0 aromatic rings. The third-order valence-electron chi connectivity index (χ3n) is 1.31. The van der Waals surface area contributed by atoms with Gasteiger partial charge in [-0.15, -0.1) is 0 Å². The average Bonchev–Trinajstić information content (AvgIpc) is 1.65. The molecule has 0 aromatic carbocycles. The van der Waals surface area contributed by atoms with Crippen LogP contribution >= 0.6 is 22.2 Å². The summed E-state index contributed by atoms with van der Waals surface area (Å²) >= 11 is 12.2. The topological polar surface area (TPSA) is 0 Å².